The predicted octanol–water partition coefficient (Wildman–Crippen LogP) is 6.15. The monoisotopic (exact) mass is 604 g/mol. The molecule has 2 aromatic carbocycles. The molecule has 0 aliphatic heterocycles. The average molecular weight is 605 g/mol. The van der Waals surface area contributed by atoms with Crippen LogP contribution in [0.2, 0.25) is 0 Å². The zero-order valence-corrected chi connectivity index (χ0v) is 26.1. The number of ether oxygens (including phenoxy) is 2. The molecule has 0 radical (unpaired) electrons. The van der Waals surface area contributed by atoms with E-state index in [0.29, 0.717) is 12.3 Å². The van der Waals surface area contributed by atoms with E-state index in [0.717, 1.165) is 52.0 Å². The standard InChI is InChI=1S/C18H19N3O2.C18H21N3O/c1-19-17(22)10-13(12-6-8-20-9-7-12)14-11-21-15-4-3-5-16(23-2)18(14)15;1-19-9-8-14(13-6-10-20-11-7-13)15-12-21-16-4-3-5-17(22-2)18(15)16/h3-9,11,13,21H,10H2,1-2H3,(H,19,22);3-7,10-12,14,19,21H,8-9H2,1-2H3. The minimum absolute atomic E-state index is 0.00365. The van der Waals surface area contributed by atoms with Gasteiger partial charge in [0.05, 0.1) is 14.2 Å². The molecule has 1 amide bonds. The number of carbonyl (C=O) groups excluding carboxylic acids is 1. The van der Waals surface area contributed by atoms with Crippen molar-refractivity contribution in [3.63, 3.8) is 0 Å². The summed E-state index contributed by atoms with van der Waals surface area (Å²) in [6.07, 6.45) is 12.7. The van der Waals surface area contributed by atoms with Crippen molar-refractivity contribution in [3.05, 3.63) is 120 Å². The number of hydrogen-bond donors (Lipinski definition) is 4. The molecule has 0 saturated carbocycles. The van der Waals surface area contributed by atoms with Gasteiger partial charge in [-0.25, -0.2) is 0 Å². The van der Waals surface area contributed by atoms with Crippen LogP contribution in [-0.2, 0) is 4.79 Å². The Morgan fingerprint density at radius 1 is 0.733 bits per heavy atom. The van der Waals surface area contributed by atoms with Crippen LogP contribution in [0.4, 0.5) is 0 Å². The quantitative estimate of drug-likeness (QED) is 0.141. The van der Waals surface area contributed by atoms with E-state index in [4.69, 9.17) is 9.47 Å². The molecule has 4 aromatic heterocycles. The molecule has 4 N–H and O–H groups in total. The maximum Gasteiger partial charge on any atom is 0.220 e. The second-order valence-electron chi connectivity index (χ2n) is 10.7. The second kappa shape index (κ2) is 15.0. The molecule has 0 aliphatic carbocycles. The van der Waals surface area contributed by atoms with Crippen LogP contribution in [0.3, 0.4) is 0 Å². The van der Waals surface area contributed by atoms with Gasteiger partial charge < -0.3 is 30.1 Å². The largest absolute Gasteiger partial charge is 0.496 e. The SMILES string of the molecule is CNC(=O)CC(c1ccncc1)c1c[nH]c2cccc(OC)c12.CNCCC(c1ccncc1)c1c[nH]c2cccc(OC)c12. The van der Waals surface area contributed by atoms with E-state index < -0.39 is 0 Å². The Morgan fingerprint density at radius 3 is 1.69 bits per heavy atom. The molecule has 0 aliphatic rings. The number of H-pyrrole nitrogens is 2. The third-order valence-electron chi connectivity index (χ3n) is 8.16. The van der Waals surface area contributed by atoms with Crippen molar-refractivity contribution in [2.75, 3.05) is 34.9 Å². The highest BCUT2D eigenvalue weighted by Gasteiger charge is 2.23. The Kier molecular flexibility index (Phi) is 10.4. The number of hydrogen-bond acceptors (Lipinski definition) is 6. The first-order valence-electron chi connectivity index (χ1n) is 15.0. The number of amides is 1. The van der Waals surface area contributed by atoms with Gasteiger partial charge in [-0.3, -0.25) is 14.8 Å². The Balaban J connectivity index is 0.000000178. The first-order valence-corrected chi connectivity index (χ1v) is 15.0. The van der Waals surface area contributed by atoms with Gasteiger partial charge in [-0.05, 0) is 90.8 Å². The number of rotatable bonds is 11. The number of pyridine rings is 2. The smallest absolute Gasteiger partial charge is 0.220 e. The lowest BCUT2D eigenvalue weighted by atomic mass is 9.88. The maximum absolute atomic E-state index is 12.0. The van der Waals surface area contributed by atoms with Crippen LogP contribution in [0.15, 0.2) is 97.8 Å². The highest BCUT2D eigenvalue weighted by molar-refractivity contribution is 5.91. The van der Waals surface area contributed by atoms with Gasteiger partial charge in [0.1, 0.15) is 11.5 Å². The summed E-state index contributed by atoms with van der Waals surface area (Å²) in [6.45, 7) is 0.953. The van der Waals surface area contributed by atoms with E-state index in [9.17, 15) is 4.79 Å². The lowest BCUT2D eigenvalue weighted by Gasteiger charge is -2.17. The molecule has 4 heterocycles. The molecule has 6 aromatic rings. The van der Waals surface area contributed by atoms with Gasteiger partial charge in [0.2, 0.25) is 5.91 Å². The van der Waals surface area contributed by atoms with Gasteiger partial charge in [0.15, 0.2) is 0 Å². The fourth-order valence-corrected chi connectivity index (χ4v) is 5.92. The van der Waals surface area contributed by atoms with E-state index >= 15 is 0 Å². The van der Waals surface area contributed by atoms with Crippen molar-refractivity contribution >= 4 is 27.7 Å². The van der Waals surface area contributed by atoms with Gasteiger partial charge in [-0.1, -0.05) is 12.1 Å². The molecule has 2 unspecified atom stereocenters. The molecule has 45 heavy (non-hydrogen) atoms. The average Bonchev–Trinajstić information content (AvgIpc) is 3.73. The number of benzene rings is 2. The highest BCUT2D eigenvalue weighted by atomic mass is 16.5. The minimum atomic E-state index is -0.0667. The van der Waals surface area contributed by atoms with Crippen LogP contribution in [0.25, 0.3) is 21.8 Å². The Hall–Kier alpha value is -5.15. The van der Waals surface area contributed by atoms with E-state index in [1.165, 1.54) is 16.5 Å². The van der Waals surface area contributed by atoms with Crippen molar-refractivity contribution in [2.45, 2.75) is 24.7 Å². The molecule has 0 bridgehead atoms. The lowest BCUT2D eigenvalue weighted by Crippen LogP contribution is -2.21. The summed E-state index contributed by atoms with van der Waals surface area (Å²) in [5, 5.41) is 8.14. The molecular weight excluding hydrogens is 564 g/mol. The molecule has 232 valence electrons. The third kappa shape index (κ3) is 6.99. The molecule has 0 saturated heterocycles. The van der Waals surface area contributed by atoms with Gasteiger partial charge in [-0.15, -0.1) is 0 Å². The molecule has 9 heteroatoms. The van der Waals surface area contributed by atoms with Crippen molar-refractivity contribution in [1.82, 2.24) is 30.6 Å². The third-order valence-corrected chi connectivity index (χ3v) is 8.16. The Morgan fingerprint density at radius 2 is 1.22 bits per heavy atom. The molecule has 9 nitrogen and oxygen atoms in total. The summed E-state index contributed by atoms with van der Waals surface area (Å²) in [6, 6.07) is 20.1. The molecule has 2 atom stereocenters. The summed E-state index contributed by atoms with van der Waals surface area (Å²) in [5.41, 5.74) is 6.75. The van der Waals surface area contributed by atoms with Gasteiger partial charge in [-0.2, -0.15) is 0 Å². The van der Waals surface area contributed by atoms with Crippen LogP contribution in [0.1, 0.15) is 46.9 Å². The van der Waals surface area contributed by atoms with E-state index in [1.807, 2.05) is 68.1 Å². The van der Waals surface area contributed by atoms with Gasteiger partial charge in [0, 0.05) is 84.3 Å². The van der Waals surface area contributed by atoms with Crippen molar-refractivity contribution < 1.29 is 14.3 Å². The summed E-state index contributed by atoms with van der Waals surface area (Å²) in [5.74, 6) is 1.95. The lowest BCUT2D eigenvalue weighted by molar-refractivity contribution is -0.120. The number of aromatic nitrogens is 4. The first-order chi connectivity index (χ1) is 22.1. The van der Waals surface area contributed by atoms with Crippen LogP contribution in [-0.4, -0.2) is 60.7 Å². The fraction of sp³-hybridized carbons (Fsp3) is 0.250. The zero-order chi connectivity index (χ0) is 31.6. The molecule has 6 rings (SSSR count). The normalized spacial score (nSPS) is 12.3. The van der Waals surface area contributed by atoms with Crippen molar-refractivity contribution in [2.24, 2.45) is 0 Å². The number of nitrogens with one attached hydrogen (secondary N) is 4. The summed E-state index contributed by atoms with van der Waals surface area (Å²) >= 11 is 0. The second-order valence-corrected chi connectivity index (χ2v) is 10.7. The van der Waals surface area contributed by atoms with Gasteiger partial charge >= 0.3 is 0 Å². The Labute approximate surface area is 263 Å². The maximum atomic E-state index is 12.0. The number of nitrogens with zero attached hydrogens (tertiary/aromatic N) is 2. The topological polar surface area (TPSA) is 117 Å². The van der Waals surface area contributed by atoms with Crippen LogP contribution >= 0.6 is 0 Å². The molecule has 0 spiro atoms. The predicted molar refractivity (Wildman–Crippen MR) is 179 cm³/mol. The van der Waals surface area contributed by atoms with Gasteiger partial charge in [0.25, 0.3) is 0 Å². The van der Waals surface area contributed by atoms with E-state index in [-0.39, 0.29) is 11.8 Å². The number of carbonyl (C=O) groups is 1. The highest BCUT2D eigenvalue weighted by Crippen LogP contribution is 2.39. The fourth-order valence-electron chi connectivity index (χ4n) is 5.92. The summed E-state index contributed by atoms with van der Waals surface area (Å²) < 4.78 is 11.1. The number of methoxy groups -OCH3 is 2. The minimum Gasteiger partial charge on any atom is -0.496 e. The molecular formula is C36H40N6O3. The zero-order valence-electron chi connectivity index (χ0n) is 26.1. The number of fused-ring (bicyclic) bond motifs is 2. The number of aromatic amines is 2. The van der Waals surface area contributed by atoms with Crippen LogP contribution < -0.4 is 20.1 Å². The van der Waals surface area contributed by atoms with Crippen molar-refractivity contribution in [1.29, 1.82) is 0 Å². The van der Waals surface area contributed by atoms with Crippen LogP contribution in [0, 0.1) is 0 Å². The Bertz CT molecular complexity index is 1820. The first kappa shape index (κ1) is 31.3. The van der Waals surface area contributed by atoms with E-state index in [1.54, 1.807) is 33.7 Å². The summed E-state index contributed by atoms with van der Waals surface area (Å²) in [7, 11) is 7.02. The van der Waals surface area contributed by atoms with Crippen molar-refractivity contribution in [3.8, 4) is 11.5 Å². The van der Waals surface area contributed by atoms with Crippen LogP contribution in [0.5, 0.6) is 11.5 Å². The summed E-state index contributed by atoms with van der Waals surface area (Å²) in [4.78, 5) is 26.9. The molecule has 0 fully saturated rings. The van der Waals surface area contributed by atoms with E-state index in [2.05, 4.69) is 55.0 Å².